The fourth-order valence-corrected chi connectivity index (χ4v) is 2.89. The maximum Gasteiger partial charge on any atom is 0.229 e. The average Bonchev–Trinajstić information content (AvgIpc) is 2.68. The summed E-state index contributed by atoms with van der Waals surface area (Å²) in [5.74, 6) is 2.75. The normalized spacial score (nSPS) is 10.5. The highest BCUT2D eigenvalue weighted by Gasteiger charge is 2.07. The number of ether oxygens (including phenoxy) is 2. The number of nitrogens with one attached hydrogen (secondary N) is 2. The quantitative estimate of drug-likeness (QED) is 0.617. The Balaban J connectivity index is 1.75. The summed E-state index contributed by atoms with van der Waals surface area (Å²) in [5.41, 5.74) is 5.30. The highest BCUT2D eigenvalue weighted by atomic mass is 16.5. The monoisotopic (exact) mass is 378 g/mol. The van der Waals surface area contributed by atoms with Crippen molar-refractivity contribution in [3.8, 4) is 11.5 Å². The lowest BCUT2D eigenvalue weighted by Gasteiger charge is -2.13. The van der Waals surface area contributed by atoms with Crippen LogP contribution in [0.3, 0.4) is 0 Å². The zero-order valence-corrected chi connectivity index (χ0v) is 17.0. The van der Waals surface area contributed by atoms with Crippen molar-refractivity contribution in [1.82, 2.24) is 9.97 Å². The molecule has 0 radical (unpaired) electrons. The molecular weight excluding hydrogens is 352 g/mol. The molecule has 146 valence electrons. The minimum Gasteiger partial charge on any atom is -0.493 e. The van der Waals surface area contributed by atoms with Crippen LogP contribution in [0.2, 0.25) is 0 Å². The molecule has 1 heterocycles. The first-order chi connectivity index (χ1) is 13.5. The second-order valence-electron chi connectivity index (χ2n) is 6.70. The van der Waals surface area contributed by atoms with E-state index in [9.17, 15) is 0 Å². The van der Waals surface area contributed by atoms with Crippen molar-refractivity contribution in [3.05, 3.63) is 64.8 Å². The van der Waals surface area contributed by atoms with E-state index in [1.807, 2.05) is 31.2 Å². The largest absolute Gasteiger partial charge is 0.493 e. The number of nitrogens with zero attached hydrogens (tertiary/aromatic N) is 2. The average molecular weight is 378 g/mol. The fraction of sp³-hybridized carbons (Fsp3) is 0.273. The highest BCUT2D eigenvalue weighted by molar-refractivity contribution is 5.60. The molecule has 0 aliphatic carbocycles. The Bertz CT molecular complexity index is 973. The lowest BCUT2D eigenvalue weighted by Crippen LogP contribution is -2.06. The first kappa shape index (κ1) is 19.5. The third kappa shape index (κ3) is 4.71. The van der Waals surface area contributed by atoms with E-state index in [0.29, 0.717) is 24.0 Å². The van der Waals surface area contributed by atoms with Crippen LogP contribution in [0.1, 0.15) is 22.4 Å². The number of hydrogen-bond acceptors (Lipinski definition) is 6. The molecule has 1 aromatic heterocycles. The van der Waals surface area contributed by atoms with E-state index in [2.05, 4.69) is 52.6 Å². The molecule has 3 aromatic rings. The number of anilines is 3. The van der Waals surface area contributed by atoms with Crippen LogP contribution < -0.4 is 20.1 Å². The first-order valence-corrected chi connectivity index (χ1v) is 9.13. The molecule has 0 saturated heterocycles. The van der Waals surface area contributed by atoms with Crippen molar-refractivity contribution in [2.75, 3.05) is 24.9 Å². The van der Waals surface area contributed by atoms with Gasteiger partial charge in [-0.3, -0.25) is 0 Å². The molecule has 0 bridgehead atoms. The molecule has 0 atom stereocenters. The zero-order chi connectivity index (χ0) is 20.1. The van der Waals surface area contributed by atoms with Crippen LogP contribution >= 0.6 is 0 Å². The van der Waals surface area contributed by atoms with E-state index in [-0.39, 0.29) is 0 Å². The van der Waals surface area contributed by atoms with Crippen LogP contribution in [0.4, 0.5) is 17.5 Å². The smallest absolute Gasteiger partial charge is 0.229 e. The van der Waals surface area contributed by atoms with Gasteiger partial charge in [0, 0.05) is 24.0 Å². The Morgan fingerprint density at radius 1 is 0.857 bits per heavy atom. The Morgan fingerprint density at radius 2 is 1.64 bits per heavy atom. The molecular formula is C22H26N4O2. The summed E-state index contributed by atoms with van der Waals surface area (Å²) in [5, 5.41) is 6.68. The van der Waals surface area contributed by atoms with Crippen LogP contribution in [0, 0.1) is 20.8 Å². The second-order valence-corrected chi connectivity index (χ2v) is 6.70. The van der Waals surface area contributed by atoms with Gasteiger partial charge in [-0.05, 0) is 55.7 Å². The highest BCUT2D eigenvalue weighted by Crippen LogP contribution is 2.28. The van der Waals surface area contributed by atoms with Gasteiger partial charge in [0.1, 0.15) is 5.82 Å². The Labute approximate surface area is 166 Å². The predicted octanol–water partition coefficient (Wildman–Crippen LogP) is 4.77. The molecule has 6 heteroatoms. The zero-order valence-electron chi connectivity index (χ0n) is 17.0. The lowest BCUT2D eigenvalue weighted by molar-refractivity contribution is 0.354. The molecule has 3 rings (SSSR count). The van der Waals surface area contributed by atoms with Gasteiger partial charge in [0.2, 0.25) is 5.95 Å². The van der Waals surface area contributed by atoms with Gasteiger partial charge in [-0.25, -0.2) is 4.98 Å². The van der Waals surface area contributed by atoms with Crippen molar-refractivity contribution < 1.29 is 9.47 Å². The van der Waals surface area contributed by atoms with Crippen LogP contribution in [-0.2, 0) is 6.54 Å². The van der Waals surface area contributed by atoms with Gasteiger partial charge < -0.3 is 20.1 Å². The minimum atomic E-state index is 0.573. The summed E-state index contributed by atoms with van der Waals surface area (Å²) < 4.78 is 10.7. The molecule has 2 aromatic carbocycles. The molecule has 0 saturated carbocycles. The van der Waals surface area contributed by atoms with Gasteiger partial charge in [-0.15, -0.1) is 0 Å². The van der Waals surface area contributed by atoms with Crippen LogP contribution in [-0.4, -0.2) is 24.2 Å². The number of aromatic nitrogens is 2. The van der Waals surface area contributed by atoms with E-state index >= 15 is 0 Å². The number of rotatable bonds is 7. The third-order valence-electron chi connectivity index (χ3n) is 4.42. The maximum atomic E-state index is 5.37. The van der Waals surface area contributed by atoms with Gasteiger partial charge >= 0.3 is 0 Å². The third-order valence-corrected chi connectivity index (χ3v) is 4.42. The Hall–Kier alpha value is -3.28. The van der Waals surface area contributed by atoms with Crippen molar-refractivity contribution >= 4 is 17.5 Å². The number of hydrogen-bond donors (Lipinski definition) is 2. The first-order valence-electron chi connectivity index (χ1n) is 9.13. The fourth-order valence-electron chi connectivity index (χ4n) is 2.89. The van der Waals surface area contributed by atoms with Gasteiger partial charge in [0.25, 0.3) is 0 Å². The molecule has 0 aliphatic rings. The summed E-state index contributed by atoms with van der Waals surface area (Å²) >= 11 is 0. The molecule has 0 amide bonds. The number of benzene rings is 2. The molecule has 0 spiro atoms. The number of methoxy groups -OCH3 is 2. The van der Waals surface area contributed by atoms with Crippen LogP contribution in [0.25, 0.3) is 0 Å². The van der Waals surface area contributed by atoms with Crippen molar-refractivity contribution in [2.24, 2.45) is 0 Å². The molecule has 2 N–H and O–H groups in total. The summed E-state index contributed by atoms with van der Waals surface area (Å²) in [6.07, 6.45) is 0. The van der Waals surface area contributed by atoms with Gasteiger partial charge in [0.15, 0.2) is 11.5 Å². The minimum absolute atomic E-state index is 0.573. The van der Waals surface area contributed by atoms with Gasteiger partial charge in [-0.2, -0.15) is 4.98 Å². The van der Waals surface area contributed by atoms with Crippen molar-refractivity contribution in [2.45, 2.75) is 27.3 Å². The number of aryl methyl sites for hydroxylation is 3. The van der Waals surface area contributed by atoms with Crippen molar-refractivity contribution in [1.29, 1.82) is 0 Å². The molecule has 0 fully saturated rings. The predicted molar refractivity (Wildman–Crippen MR) is 113 cm³/mol. The molecule has 6 nitrogen and oxygen atoms in total. The van der Waals surface area contributed by atoms with Gasteiger partial charge in [0.05, 0.1) is 14.2 Å². The summed E-state index contributed by atoms with van der Waals surface area (Å²) in [6, 6.07) is 14.0. The maximum absolute atomic E-state index is 5.37. The lowest BCUT2D eigenvalue weighted by atomic mass is 10.1. The van der Waals surface area contributed by atoms with E-state index < -0.39 is 0 Å². The van der Waals surface area contributed by atoms with Crippen LogP contribution in [0.15, 0.2) is 42.5 Å². The van der Waals surface area contributed by atoms with Crippen molar-refractivity contribution in [3.63, 3.8) is 0 Å². The van der Waals surface area contributed by atoms with E-state index in [4.69, 9.17) is 9.47 Å². The molecule has 0 aliphatic heterocycles. The Morgan fingerprint density at radius 3 is 2.39 bits per heavy atom. The summed E-state index contributed by atoms with van der Waals surface area (Å²) in [7, 11) is 3.26. The van der Waals surface area contributed by atoms with Crippen LogP contribution in [0.5, 0.6) is 11.5 Å². The van der Waals surface area contributed by atoms with Gasteiger partial charge in [-0.1, -0.05) is 18.2 Å². The molecule has 0 unspecified atom stereocenters. The summed E-state index contributed by atoms with van der Waals surface area (Å²) in [4.78, 5) is 9.11. The standard InChI is InChI=1S/C22H26N4O2/c1-14-6-7-15(2)18(10-14)25-22-24-16(3)11-21(26-22)23-13-17-8-9-19(27-4)20(12-17)28-5/h6-12H,13H2,1-5H3,(H2,23,24,25,26). The summed E-state index contributed by atoms with van der Waals surface area (Å²) in [6.45, 7) is 6.70. The van der Waals surface area contributed by atoms with E-state index in [1.54, 1.807) is 14.2 Å². The van der Waals surface area contributed by atoms with E-state index in [0.717, 1.165) is 28.3 Å². The van der Waals surface area contributed by atoms with E-state index in [1.165, 1.54) is 5.56 Å². The second kappa shape index (κ2) is 8.61. The Kier molecular flexibility index (Phi) is 5.99. The molecule has 28 heavy (non-hydrogen) atoms. The SMILES string of the molecule is COc1ccc(CNc2cc(C)nc(Nc3cc(C)ccc3C)n2)cc1OC. The topological polar surface area (TPSA) is 68.3 Å².